The Hall–Kier alpha value is -4.46. The van der Waals surface area contributed by atoms with Gasteiger partial charge in [-0.05, 0) is 35.9 Å². The van der Waals surface area contributed by atoms with E-state index in [1.807, 2.05) is 0 Å². The second-order valence-electron chi connectivity index (χ2n) is 7.88. The number of ether oxygens (including phenoxy) is 3. The number of carbonyl (C=O) groups excluding carboxylic acids is 1. The van der Waals surface area contributed by atoms with Gasteiger partial charge in [0.05, 0.1) is 26.2 Å². The molecule has 0 radical (unpaired) electrons. The lowest BCUT2D eigenvalue weighted by molar-refractivity contribution is -0.135. The van der Waals surface area contributed by atoms with Gasteiger partial charge in [0.15, 0.2) is 0 Å². The van der Waals surface area contributed by atoms with Crippen LogP contribution in [0.5, 0.6) is 28.7 Å². The molecule has 0 aliphatic carbocycles. The molecule has 1 atom stereocenters. The first kappa shape index (κ1) is 21.4. The van der Waals surface area contributed by atoms with Crippen molar-refractivity contribution in [2.24, 2.45) is 0 Å². The van der Waals surface area contributed by atoms with Gasteiger partial charge in [-0.25, -0.2) is 0 Å². The van der Waals surface area contributed by atoms with Crippen LogP contribution in [0.25, 0.3) is 22.1 Å². The quantitative estimate of drug-likeness (QED) is 0.342. The van der Waals surface area contributed by atoms with Gasteiger partial charge in [-0.2, -0.15) is 0 Å². The minimum absolute atomic E-state index is 0.0279. The fourth-order valence-corrected chi connectivity index (χ4v) is 4.35. The van der Waals surface area contributed by atoms with E-state index < -0.39 is 17.3 Å². The SMILES string of the molecule is COc1ccc(OC)c([C@H]2CC(=O)Oc3cc(O)c4c(=O)c(-c5ccc(O)cc5)coc4c32)c1. The molecule has 172 valence electrons. The van der Waals surface area contributed by atoms with Crippen LogP contribution >= 0.6 is 0 Å². The molecule has 0 fully saturated rings. The number of benzene rings is 3. The number of rotatable bonds is 4. The number of aromatic hydroxyl groups is 2. The molecule has 4 aromatic rings. The summed E-state index contributed by atoms with van der Waals surface area (Å²) in [7, 11) is 3.05. The minimum Gasteiger partial charge on any atom is -0.508 e. The Morgan fingerprint density at radius 3 is 2.44 bits per heavy atom. The van der Waals surface area contributed by atoms with Gasteiger partial charge in [0.2, 0.25) is 5.43 Å². The van der Waals surface area contributed by atoms with Gasteiger partial charge in [0, 0.05) is 23.1 Å². The molecule has 0 amide bonds. The number of hydrogen-bond acceptors (Lipinski definition) is 8. The molecule has 8 nitrogen and oxygen atoms in total. The van der Waals surface area contributed by atoms with Crippen LogP contribution in [-0.4, -0.2) is 30.4 Å². The number of carbonyl (C=O) groups is 1. The molecule has 0 bridgehead atoms. The van der Waals surface area contributed by atoms with Crippen molar-refractivity contribution in [1.82, 2.24) is 0 Å². The number of methoxy groups -OCH3 is 2. The van der Waals surface area contributed by atoms with Crippen LogP contribution in [0.15, 0.2) is 64.0 Å². The lowest BCUT2D eigenvalue weighted by Gasteiger charge is -2.27. The largest absolute Gasteiger partial charge is 0.508 e. The topological polar surface area (TPSA) is 115 Å². The Labute approximate surface area is 193 Å². The zero-order valence-electron chi connectivity index (χ0n) is 18.3. The van der Waals surface area contributed by atoms with Crippen molar-refractivity contribution >= 4 is 16.9 Å². The van der Waals surface area contributed by atoms with Gasteiger partial charge in [0.25, 0.3) is 0 Å². The summed E-state index contributed by atoms with van der Waals surface area (Å²) < 4.78 is 22.2. The summed E-state index contributed by atoms with van der Waals surface area (Å²) in [4.78, 5) is 25.9. The van der Waals surface area contributed by atoms with Crippen molar-refractivity contribution in [3.05, 3.63) is 76.1 Å². The molecule has 1 aromatic heterocycles. The molecule has 0 spiro atoms. The molecule has 34 heavy (non-hydrogen) atoms. The number of phenolic OH excluding ortho intramolecular Hbond substituents is 2. The fourth-order valence-electron chi connectivity index (χ4n) is 4.35. The second-order valence-corrected chi connectivity index (χ2v) is 7.88. The molecule has 0 saturated carbocycles. The van der Waals surface area contributed by atoms with Gasteiger partial charge < -0.3 is 28.8 Å². The highest BCUT2D eigenvalue weighted by Crippen LogP contribution is 2.48. The van der Waals surface area contributed by atoms with Crippen molar-refractivity contribution in [2.45, 2.75) is 12.3 Å². The third-order valence-electron chi connectivity index (χ3n) is 5.96. The van der Waals surface area contributed by atoms with Crippen LogP contribution in [-0.2, 0) is 4.79 Å². The lowest BCUT2D eigenvalue weighted by Crippen LogP contribution is -2.22. The number of esters is 1. The molecule has 3 aromatic carbocycles. The summed E-state index contributed by atoms with van der Waals surface area (Å²) in [6.07, 6.45) is 1.27. The van der Waals surface area contributed by atoms with E-state index in [9.17, 15) is 19.8 Å². The summed E-state index contributed by atoms with van der Waals surface area (Å²) >= 11 is 0. The Bertz CT molecular complexity index is 1480. The Kier molecular flexibility index (Phi) is 5.13. The van der Waals surface area contributed by atoms with Gasteiger partial charge in [-0.15, -0.1) is 0 Å². The summed E-state index contributed by atoms with van der Waals surface area (Å²) in [5.74, 6) is -0.184. The van der Waals surface area contributed by atoms with Crippen molar-refractivity contribution in [3.63, 3.8) is 0 Å². The van der Waals surface area contributed by atoms with Crippen LogP contribution in [0, 0.1) is 0 Å². The molecule has 1 aliphatic rings. The first-order valence-corrected chi connectivity index (χ1v) is 10.4. The number of phenols is 2. The van der Waals surface area contributed by atoms with E-state index in [1.165, 1.54) is 38.7 Å². The number of fused-ring (bicyclic) bond motifs is 3. The van der Waals surface area contributed by atoms with Crippen LogP contribution in [0.1, 0.15) is 23.5 Å². The molecule has 0 saturated heterocycles. The monoisotopic (exact) mass is 460 g/mol. The fraction of sp³-hybridized carbons (Fsp3) is 0.154. The molecule has 8 heteroatoms. The third kappa shape index (κ3) is 3.40. The third-order valence-corrected chi connectivity index (χ3v) is 5.96. The van der Waals surface area contributed by atoms with Gasteiger partial charge in [-0.1, -0.05) is 12.1 Å². The molecular weight excluding hydrogens is 440 g/mol. The van der Waals surface area contributed by atoms with Crippen molar-refractivity contribution < 1.29 is 33.6 Å². The average molecular weight is 460 g/mol. The van der Waals surface area contributed by atoms with E-state index in [-0.39, 0.29) is 40.2 Å². The average Bonchev–Trinajstić information content (AvgIpc) is 2.83. The van der Waals surface area contributed by atoms with Crippen molar-refractivity contribution in [1.29, 1.82) is 0 Å². The van der Waals surface area contributed by atoms with E-state index in [4.69, 9.17) is 18.6 Å². The Morgan fingerprint density at radius 2 is 1.74 bits per heavy atom. The lowest BCUT2D eigenvalue weighted by atomic mass is 9.84. The Balaban J connectivity index is 1.79. The van der Waals surface area contributed by atoms with E-state index in [1.54, 1.807) is 30.3 Å². The smallest absolute Gasteiger partial charge is 0.312 e. The maximum atomic E-state index is 13.4. The maximum Gasteiger partial charge on any atom is 0.312 e. The van der Waals surface area contributed by atoms with E-state index >= 15 is 0 Å². The zero-order chi connectivity index (χ0) is 24.0. The van der Waals surface area contributed by atoms with Crippen molar-refractivity contribution in [3.8, 4) is 39.9 Å². The zero-order valence-corrected chi connectivity index (χ0v) is 18.3. The highest BCUT2D eigenvalue weighted by molar-refractivity contribution is 5.94. The second kappa shape index (κ2) is 8.15. The standard InChI is InChI=1S/C26H20O8/c1-31-15-7-8-20(32-2)16(9-15)17-10-22(29)34-21-11-19(28)24-25(30)18(12-33-26(24)23(17)21)13-3-5-14(27)6-4-13/h3-9,11-12,17,27-28H,10H2,1-2H3/t17-/m1/s1. The minimum atomic E-state index is -0.577. The molecule has 2 N–H and O–H groups in total. The summed E-state index contributed by atoms with van der Waals surface area (Å²) in [6, 6.07) is 12.5. The number of hydrogen-bond donors (Lipinski definition) is 2. The summed E-state index contributed by atoms with van der Waals surface area (Å²) in [5, 5.41) is 20.2. The van der Waals surface area contributed by atoms with Crippen molar-refractivity contribution in [2.75, 3.05) is 14.2 Å². The highest BCUT2D eigenvalue weighted by Gasteiger charge is 2.35. The summed E-state index contributed by atoms with van der Waals surface area (Å²) in [6.45, 7) is 0. The van der Waals surface area contributed by atoms with Gasteiger partial charge >= 0.3 is 5.97 Å². The normalized spacial score (nSPS) is 15.0. The van der Waals surface area contributed by atoms with Crippen LogP contribution < -0.4 is 19.6 Å². The predicted octanol–water partition coefficient (Wildman–Crippen LogP) is 4.33. The first-order valence-electron chi connectivity index (χ1n) is 10.4. The van der Waals surface area contributed by atoms with E-state index in [0.717, 1.165) is 0 Å². The van der Waals surface area contributed by atoms with Crippen LogP contribution in [0.2, 0.25) is 0 Å². The van der Waals surface area contributed by atoms with E-state index in [2.05, 4.69) is 0 Å². The molecule has 0 unspecified atom stereocenters. The van der Waals surface area contributed by atoms with Crippen LogP contribution in [0.3, 0.4) is 0 Å². The first-order chi connectivity index (χ1) is 16.4. The molecular formula is C26H20O8. The van der Waals surface area contributed by atoms with Crippen LogP contribution in [0.4, 0.5) is 0 Å². The molecule has 5 rings (SSSR count). The van der Waals surface area contributed by atoms with Gasteiger partial charge in [-0.3, -0.25) is 9.59 Å². The van der Waals surface area contributed by atoms with Gasteiger partial charge in [0.1, 0.15) is 46.0 Å². The predicted molar refractivity (Wildman–Crippen MR) is 123 cm³/mol. The highest BCUT2D eigenvalue weighted by atomic mass is 16.5. The Morgan fingerprint density at radius 1 is 0.971 bits per heavy atom. The summed E-state index contributed by atoms with van der Waals surface area (Å²) in [5.41, 5.74) is 1.49. The molecule has 1 aliphatic heterocycles. The molecule has 2 heterocycles. The maximum absolute atomic E-state index is 13.4. The van der Waals surface area contributed by atoms with E-state index in [0.29, 0.717) is 28.2 Å².